The molecule has 4 heteroatoms. The van der Waals surface area contributed by atoms with Crippen LogP contribution in [0.5, 0.6) is 0 Å². The summed E-state index contributed by atoms with van der Waals surface area (Å²) in [5.74, 6) is 5.46. The third-order valence-corrected chi connectivity index (χ3v) is 12.6. The predicted octanol–water partition coefficient (Wildman–Crippen LogP) is 8.69. The van der Waals surface area contributed by atoms with E-state index in [1.807, 2.05) is 35.3 Å². The monoisotopic (exact) mass is 526 g/mol. The van der Waals surface area contributed by atoms with Crippen LogP contribution in [0.4, 0.5) is 0 Å². The van der Waals surface area contributed by atoms with Gasteiger partial charge in [-0.05, 0) is 59.8 Å². The lowest BCUT2D eigenvalue weighted by molar-refractivity contribution is 0.750. The van der Waals surface area contributed by atoms with E-state index in [4.69, 9.17) is 0 Å². The van der Waals surface area contributed by atoms with Crippen molar-refractivity contribution in [3.8, 4) is 0 Å². The van der Waals surface area contributed by atoms with Crippen LogP contribution >= 0.6 is 43.2 Å². The van der Waals surface area contributed by atoms with Crippen molar-refractivity contribution in [2.24, 2.45) is 17.8 Å². The normalized spacial score (nSPS) is 11.8. The molecule has 182 valence electrons. The van der Waals surface area contributed by atoms with Gasteiger partial charge in [-0.3, -0.25) is 0 Å². The number of thioether (sulfide) groups is 3. The van der Waals surface area contributed by atoms with E-state index >= 15 is 0 Å². The second-order valence-electron chi connectivity index (χ2n) is 9.85. The topological polar surface area (TPSA) is 0 Å². The largest absolute Gasteiger partial charge is 0.125 e. The molecule has 3 aromatic carbocycles. The summed E-state index contributed by atoms with van der Waals surface area (Å²) in [4.78, 5) is 4.32. The maximum Gasteiger partial charge on any atom is 0.0156 e. The highest BCUT2D eigenvalue weighted by Crippen LogP contribution is 2.42. The summed E-state index contributed by atoms with van der Waals surface area (Å²) in [5, 5.41) is 4.50. The van der Waals surface area contributed by atoms with Gasteiger partial charge >= 0.3 is 0 Å². The zero-order valence-corrected chi connectivity index (χ0v) is 24.8. The van der Waals surface area contributed by atoms with E-state index in [1.54, 1.807) is 0 Å². The zero-order chi connectivity index (χ0) is 24.5. The van der Waals surface area contributed by atoms with Crippen LogP contribution < -0.4 is 15.9 Å². The van der Waals surface area contributed by atoms with Crippen molar-refractivity contribution < 1.29 is 0 Å². The summed E-state index contributed by atoms with van der Waals surface area (Å²) in [5.41, 5.74) is 0. The van der Waals surface area contributed by atoms with Crippen LogP contribution in [0.1, 0.15) is 41.5 Å². The van der Waals surface area contributed by atoms with E-state index in [1.165, 1.54) is 30.6 Å². The fourth-order valence-electron chi connectivity index (χ4n) is 3.45. The van der Waals surface area contributed by atoms with Crippen LogP contribution in [-0.4, -0.2) is 17.3 Å². The Bertz CT molecular complexity index is 897. The highest BCUT2D eigenvalue weighted by Gasteiger charge is 2.25. The van der Waals surface area contributed by atoms with Crippen LogP contribution in [-0.2, 0) is 0 Å². The van der Waals surface area contributed by atoms with Gasteiger partial charge in [-0.25, -0.2) is 0 Å². The molecule has 0 atom stereocenters. The summed E-state index contributed by atoms with van der Waals surface area (Å²) in [7, 11) is -0.663. The van der Waals surface area contributed by atoms with Crippen molar-refractivity contribution in [1.82, 2.24) is 0 Å². The molecule has 0 N–H and O–H groups in total. The first-order chi connectivity index (χ1) is 16.4. The molecule has 3 aromatic rings. The molecule has 0 aliphatic heterocycles. The number of benzene rings is 3. The molecule has 0 fully saturated rings. The van der Waals surface area contributed by atoms with E-state index < -0.39 is 7.92 Å². The Morgan fingerprint density at radius 3 is 1.00 bits per heavy atom. The first-order valence-electron chi connectivity index (χ1n) is 12.3. The lowest BCUT2D eigenvalue weighted by Crippen LogP contribution is -2.25. The fraction of sp³-hybridized carbons (Fsp3) is 0.400. The summed E-state index contributed by atoms with van der Waals surface area (Å²) in [6.45, 7) is 13.9. The molecule has 34 heavy (non-hydrogen) atoms. The molecular formula is C30H39PS3. The van der Waals surface area contributed by atoms with E-state index in [9.17, 15) is 0 Å². The highest BCUT2D eigenvalue weighted by molar-refractivity contribution is 8.01. The van der Waals surface area contributed by atoms with Crippen LogP contribution in [0.15, 0.2) is 87.5 Å². The second-order valence-corrected chi connectivity index (χ2v) is 15.2. The Morgan fingerprint density at radius 2 is 0.735 bits per heavy atom. The van der Waals surface area contributed by atoms with E-state index in [-0.39, 0.29) is 0 Å². The van der Waals surface area contributed by atoms with Crippen molar-refractivity contribution in [2.75, 3.05) is 17.3 Å². The molecule has 0 aromatic heterocycles. The van der Waals surface area contributed by atoms with Crippen LogP contribution in [0, 0.1) is 17.8 Å². The lowest BCUT2D eigenvalue weighted by Gasteiger charge is -2.26. The van der Waals surface area contributed by atoms with Gasteiger partial charge in [0, 0.05) is 31.9 Å². The molecule has 0 bridgehead atoms. The second kappa shape index (κ2) is 14.0. The van der Waals surface area contributed by atoms with Gasteiger partial charge in [0.1, 0.15) is 0 Å². The van der Waals surface area contributed by atoms with Crippen molar-refractivity contribution in [3.63, 3.8) is 0 Å². The average Bonchev–Trinajstić information content (AvgIpc) is 2.82. The zero-order valence-electron chi connectivity index (χ0n) is 21.5. The van der Waals surface area contributed by atoms with Crippen molar-refractivity contribution in [2.45, 2.75) is 56.2 Å². The molecule has 0 unspecified atom stereocenters. The SMILES string of the molecule is CC(C)CSc1ccccc1P(c1ccccc1SCC(C)C)c1ccccc1SCC(C)C. The minimum Gasteiger partial charge on any atom is -0.125 e. The standard InChI is InChI=1S/C30H39PS3/c1-22(2)19-32-28-16-10-7-13-25(28)31(26-14-8-11-17-29(26)33-20-23(3)4)27-15-9-12-18-30(27)34-21-24(5)6/h7-18,22-24H,19-21H2,1-6H3. The molecule has 0 saturated carbocycles. The molecule has 0 amide bonds. The van der Waals surface area contributed by atoms with Gasteiger partial charge in [-0.1, -0.05) is 96.1 Å². The molecule has 3 rings (SSSR count). The first-order valence-corrected chi connectivity index (χ1v) is 16.6. The van der Waals surface area contributed by atoms with Crippen LogP contribution in [0.2, 0.25) is 0 Å². The number of rotatable bonds is 12. The Hall–Kier alpha value is -0.860. The highest BCUT2D eigenvalue weighted by atomic mass is 32.2. The smallest absolute Gasteiger partial charge is 0.0156 e. The van der Waals surface area contributed by atoms with Gasteiger partial charge in [0.25, 0.3) is 0 Å². The third-order valence-electron chi connectivity index (χ3n) is 5.03. The Balaban J connectivity index is 2.17. The van der Waals surface area contributed by atoms with E-state index in [0.29, 0.717) is 17.8 Å². The summed E-state index contributed by atoms with van der Waals surface area (Å²) in [6, 6.07) is 27.5. The van der Waals surface area contributed by atoms with Gasteiger partial charge in [0.05, 0.1) is 0 Å². The van der Waals surface area contributed by atoms with E-state index in [2.05, 4.69) is 114 Å². The summed E-state index contributed by atoms with van der Waals surface area (Å²) >= 11 is 6.07. The fourth-order valence-corrected chi connectivity index (χ4v) is 9.93. The Labute approximate surface area is 222 Å². The molecule has 0 aliphatic carbocycles. The maximum absolute atomic E-state index is 2.39. The summed E-state index contributed by atoms with van der Waals surface area (Å²) < 4.78 is 0. The van der Waals surface area contributed by atoms with Crippen molar-refractivity contribution >= 4 is 59.1 Å². The molecule has 0 spiro atoms. The van der Waals surface area contributed by atoms with Crippen LogP contribution in [0.3, 0.4) is 0 Å². The average molecular weight is 527 g/mol. The van der Waals surface area contributed by atoms with Gasteiger partial charge in [-0.15, -0.1) is 35.3 Å². The first kappa shape index (κ1) is 27.7. The molecule has 0 radical (unpaired) electrons. The minimum atomic E-state index is -0.663. The third kappa shape index (κ3) is 8.09. The van der Waals surface area contributed by atoms with Crippen molar-refractivity contribution in [1.29, 1.82) is 0 Å². The van der Waals surface area contributed by atoms with Gasteiger partial charge in [0.15, 0.2) is 0 Å². The minimum absolute atomic E-state index is 0.663. The quantitative estimate of drug-likeness (QED) is 0.171. The molecule has 0 nitrogen and oxygen atoms in total. The summed E-state index contributed by atoms with van der Waals surface area (Å²) in [6.07, 6.45) is 0. The van der Waals surface area contributed by atoms with E-state index in [0.717, 1.165) is 17.3 Å². The lowest BCUT2D eigenvalue weighted by atomic mass is 10.3. The van der Waals surface area contributed by atoms with Gasteiger partial charge in [0.2, 0.25) is 0 Å². The number of hydrogen-bond acceptors (Lipinski definition) is 3. The Kier molecular flexibility index (Phi) is 11.4. The number of hydrogen-bond donors (Lipinski definition) is 0. The molecule has 0 aliphatic rings. The van der Waals surface area contributed by atoms with Gasteiger partial charge in [-0.2, -0.15) is 0 Å². The molecule has 0 saturated heterocycles. The predicted molar refractivity (Wildman–Crippen MR) is 162 cm³/mol. The van der Waals surface area contributed by atoms with Crippen LogP contribution in [0.25, 0.3) is 0 Å². The molecular weight excluding hydrogens is 488 g/mol. The maximum atomic E-state index is 2.39. The molecule has 0 heterocycles. The Morgan fingerprint density at radius 1 is 0.471 bits per heavy atom. The van der Waals surface area contributed by atoms with Crippen molar-refractivity contribution in [3.05, 3.63) is 72.8 Å². The van der Waals surface area contributed by atoms with Gasteiger partial charge < -0.3 is 0 Å².